The number of para-hydroxylation sites is 1. The van der Waals surface area contributed by atoms with Gasteiger partial charge in [-0.3, -0.25) is 10.1 Å². The van der Waals surface area contributed by atoms with Crippen molar-refractivity contribution in [2.45, 2.75) is 19.4 Å². The van der Waals surface area contributed by atoms with Gasteiger partial charge in [0.25, 0.3) is 0 Å². The molecule has 1 aromatic rings. The van der Waals surface area contributed by atoms with Crippen molar-refractivity contribution in [3.05, 3.63) is 33.9 Å². The molecule has 1 atom stereocenters. The Hall–Kier alpha value is -2.15. The van der Waals surface area contributed by atoms with Crippen LogP contribution in [0.3, 0.4) is 0 Å². The molecular formula is C11H14N2O5. The number of carboxylic acid groups (broad SMARTS) is 1. The van der Waals surface area contributed by atoms with Crippen LogP contribution in [0, 0.1) is 17.0 Å². The summed E-state index contributed by atoms with van der Waals surface area (Å²) in [6.07, 6.45) is -1.10. The number of nitro groups is 1. The number of hydrogen-bond acceptors (Lipinski definition) is 5. The lowest BCUT2D eigenvalue weighted by atomic mass is 10.2. The highest BCUT2D eigenvalue weighted by atomic mass is 16.6. The number of nitrogens with zero attached hydrogens (tertiary/aromatic N) is 1. The van der Waals surface area contributed by atoms with Gasteiger partial charge in [-0.25, -0.2) is 4.79 Å². The maximum Gasteiger partial charge on any atom is 0.344 e. The second kappa shape index (κ2) is 5.97. The van der Waals surface area contributed by atoms with Gasteiger partial charge in [0.2, 0.25) is 5.75 Å². The largest absolute Gasteiger partial charge is 0.479 e. The Morgan fingerprint density at radius 2 is 2.28 bits per heavy atom. The van der Waals surface area contributed by atoms with E-state index in [-0.39, 0.29) is 24.4 Å². The Labute approximate surface area is 103 Å². The van der Waals surface area contributed by atoms with E-state index < -0.39 is 17.0 Å². The highest BCUT2D eigenvalue weighted by Gasteiger charge is 2.24. The molecule has 0 amide bonds. The first-order valence-electron chi connectivity index (χ1n) is 5.31. The summed E-state index contributed by atoms with van der Waals surface area (Å²) in [4.78, 5) is 21.2. The monoisotopic (exact) mass is 254 g/mol. The molecule has 0 spiro atoms. The van der Waals surface area contributed by atoms with E-state index in [0.717, 1.165) is 0 Å². The summed E-state index contributed by atoms with van der Waals surface area (Å²) in [5.41, 5.74) is 5.53. The number of nitrogens with two attached hydrogens (primary N) is 1. The molecule has 7 heteroatoms. The van der Waals surface area contributed by atoms with Crippen LogP contribution in [0.1, 0.15) is 12.0 Å². The molecule has 0 fully saturated rings. The predicted molar refractivity (Wildman–Crippen MR) is 63.6 cm³/mol. The van der Waals surface area contributed by atoms with Crippen LogP contribution in [-0.4, -0.2) is 28.6 Å². The number of nitro benzene ring substituents is 1. The van der Waals surface area contributed by atoms with Crippen molar-refractivity contribution >= 4 is 11.7 Å². The quantitative estimate of drug-likeness (QED) is 0.579. The molecule has 1 rings (SSSR count). The fourth-order valence-corrected chi connectivity index (χ4v) is 1.46. The zero-order chi connectivity index (χ0) is 13.7. The van der Waals surface area contributed by atoms with Gasteiger partial charge in [-0.1, -0.05) is 12.1 Å². The Morgan fingerprint density at radius 3 is 2.78 bits per heavy atom. The van der Waals surface area contributed by atoms with Gasteiger partial charge in [-0.2, -0.15) is 0 Å². The Balaban J connectivity index is 3.08. The van der Waals surface area contributed by atoms with Crippen molar-refractivity contribution in [2.75, 3.05) is 6.54 Å². The van der Waals surface area contributed by atoms with Crippen LogP contribution >= 0.6 is 0 Å². The average molecular weight is 254 g/mol. The molecule has 1 aromatic carbocycles. The molecule has 7 nitrogen and oxygen atoms in total. The molecule has 0 aliphatic rings. The molecule has 0 aliphatic carbocycles. The SMILES string of the molecule is Cc1cccc([N+](=O)[O-])c1OC(CCN)C(=O)O. The van der Waals surface area contributed by atoms with Crippen molar-refractivity contribution in [2.24, 2.45) is 5.73 Å². The van der Waals surface area contributed by atoms with E-state index in [9.17, 15) is 14.9 Å². The van der Waals surface area contributed by atoms with E-state index in [1.807, 2.05) is 0 Å². The van der Waals surface area contributed by atoms with Crippen LogP contribution in [0.15, 0.2) is 18.2 Å². The standard InChI is InChI=1S/C11H14N2O5/c1-7-3-2-4-8(13(16)17)10(7)18-9(5-6-12)11(14)15/h2-4,9H,5-6,12H2,1H3,(H,14,15). The summed E-state index contributed by atoms with van der Waals surface area (Å²) < 4.78 is 5.22. The van der Waals surface area contributed by atoms with Crippen LogP contribution in [-0.2, 0) is 4.79 Å². The fourth-order valence-electron chi connectivity index (χ4n) is 1.46. The third-order valence-corrected chi connectivity index (χ3v) is 2.35. The van der Waals surface area contributed by atoms with Crippen molar-refractivity contribution in [3.8, 4) is 5.75 Å². The van der Waals surface area contributed by atoms with Gasteiger partial charge in [0, 0.05) is 12.5 Å². The summed E-state index contributed by atoms with van der Waals surface area (Å²) in [6.45, 7) is 1.74. The van der Waals surface area contributed by atoms with Gasteiger partial charge < -0.3 is 15.6 Å². The van der Waals surface area contributed by atoms with E-state index >= 15 is 0 Å². The molecule has 0 heterocycles. The lowest BCUT2D eigenvalue weighted by molar-refractivity contribution is -0.386. The Kier molecular flexibility index (Phi) is 4.61. The van der Waals surface area contributed by atoms with Crippen LogP contribution in [0.2, 0.25) is 0 Å². The summed E-state index contributed by atoms with van der Waals surface area (Å²) >= 11 is 0. The molecule has 0 saturated heterocycles. The van der Waals surface area contributed by atoms with Crippen LogP contribution in [0.5, 0.6) is 5.75 Å². The molecule has 1 unspecified atom stereocenters. The number of aliphatic carboxylic acids is 1. The lowest BCUT2D eigenvalue weighted by Crippen LogP contribution is -2.30. The number of hydrogen-bond donors (Lipinski definition) is 2. The summed E-state index contributed by atoms with van der Waals surface area (Å²) in [6, 6.07) is 4.40. The molecule has 0 bridgehead atoms. The molecule has 0 aromatic heterocycles. The van der Waals surface area contributed by atoms with E-state index in [4.69, 9.17) is 15.6 Å². The topological polar surface area (TPSA) is 116 Å². The van der Waals surface area contributed by atoms with Crippen LogP contribution in [0.25, 0.3) is 0 Å². The molecule has 98 valence electrons. The van der Waals surface area contributed by atoms with Gasteiger partial charge in [0.05, 0.1) is 4.92 Å². The van der Waals surface area contributed by atoms with Crippen LogP contribution < -0.4 is 10.5 Å². The highest BCUT2D eigenvalue weighted by Crippen LogP contribution is 2.31. The van der Waals surface area contributed by atoms with Crippen molar-refractivity contribution < 1.29 is 19.6 Å². The zero-order valence-corrected chi connectivity index (χ0v) is 9.83. The normalized spacial score (nSPS) is 11.9. The van der Waals surface area contributed by atoms with Gasteiger partial charge in [-0.15, -0.1) is 0 Å². The number of ether oxygens (including phenoxy) is 1. The smallest absolute Gasteiger partial charge is 0.344 e. The van der Waals surface area contributed by atoms with Gasteiger partial charge in [0.15, 0.2) is 6.10 Å². The highest BCUT2D eigenvalue weighted by molar-refractivity contribution is 5.73. The van der Waals surface area contributed by atoms with Gasteiger partial charge in [0.1, 0.15) is 0 Å². The fraction of sp³-hybridized carbons (Fsp3) is 0.364. The number of carbonyl (C=O) groups is 1. The third-order valence-electron chi connectivity index (χ3n) is 2.35. The number of rotatable bonds is 6. The first kappa shape index (κ1) is 13.9. The molecule has 3 N–H and O–H groups in total. The molecular weight excluding hydrogens is 240 g/mol. The Bertz CT molecular complexity index is 461. The van der Waals surface area contributed by atoms with Crippen molar-refractivity contribution in [1.29, 1.82) is 0 Å². The first-order valence-corrected chi connectivity index (χ1v) is 5.31. The molecule has 18 heavy (non-hydrogen) atoms. The Morgan fingerprint density at radius 1 is 1.61 bits per heavy atom. The maximum atomic E-state index is 10.9. The minimum atomic E-state index is -1.20. The van der Waals surface area contributed by atoms with E-state index in [0.29, 0.717) is 5.56 Å². The second-order valence-corrected chi connectivity index (χ2v) is 3.70. The maximum absolute atomic E-state index is 10.9. The predicted octanol–water partition coefficient (Wildman–Crippen LogP) is 1.08. The number of benzene rings is 1. The first-order chi connectivity index (χ1) is 8.47. The minimum Gasteiger partial charge on any atom is -0.479 e. The average Bonchev–Trinajstić information content (AvgIpc) is 2.30. The van der Waals surface area contributed by atoms with Crippen molar-refractivity contribution in [1.82, 2.24) is 0 Å². The summed E-state index contributed by atoms with van der Waals surface area (Å²) in [5.74, 6) is -1.22. The molecule has 0 radical (unpaired) electrons. The lowest BCUT2D eigenvalue weighted by Gasteiger charge is -2.15. The molecule has 0 saturated carbocycles. The van der Waals surface area contributed by atoms with Gasteiger partial charge in [-0.05, 0) is 19.0 Å². The molecule has 0 aliphatic heterocycles. The number of carboxylic acids is 1. The third kappa shape index (κ3) is 3.17. The number of aryl methyl sites for hydroxylation is 1. The zero-order valence-electron chi connectivity index (χ0n) is 9.83. The second-order valence-electron chi connectivity index (χ2n) is 3.70. The van der Waals surface area contributed by atoms with E-state index in [1.54, 1.807) is 13.0 Å². The van der Waals surface area contributed by atoms with Crippen LogP contribution in [0.4, 0.5) is 5.69 Å². The van der Waals surface area contributed by atoms with E-state index in [2.05, 4.69) is 0 Å². The summed E-state index contributed by atoms with van der Waals surface area (Å²) in [7, 11) is 0. The van der Waals surface area contributed by atoms with E-state index in [1.165, 1.54) is 12.1 Å². The van der Waals surface area contributed by atoms with Gasteiger partial charge >= 0.3 is 11.7 Å². The minimum absolute atomic E-state index is 0.0247. The van der Waals surface area contributed by atoms with Crippen molar-refractivity contribution in [3.63, 3.8) is 0 Å². The summed E-state index contributed by atoms with van der Waals surface area (Å²) in [5, 5.41) is 19.8.